The standard InChI is InChI=1S/C20H29N3S.ClH/c1-14-6-8-17(9-7-14)19-22-15(2)18(24-19)16(3)23(5)13-20(4)10-11-21-12-20;/h6-9,16,21H,10-13H2,1-5H3;1H. The zero-order valence-corrected chi connectivity index (χ0v) is 17.6. The average Bonchev–Trinajstić information content (AvgIpc) is 3.13. The van der Waals surface area contributed by atoms with Gasteiger partial charge in [0.1, 0.15) is 5.01 Å². The van der Waals surface area contributed by atoms with Gasteiger partial charge in [-0.05, 0) is 46.2 Å². The summed E-state index contributed by atoms with van der Waals surface area (Å²) >= 11 is 1.84. The number of aromatic nitrogens is 1. The maximum absolute atomic E-state index is 4.84. The van der Waals surface area contributed by atoms with Crippen LogP contribution in [0.3, 0.4) is 0 Å². The van der Waals surface area contributed by atoms with Crippen LogP contribution in [0.4, 0.5) is 0 Å². The number of aryl methyl sites for hydroxylation is 2. The number of nitrogens with one attached hydrogen (secondary N) is 1. The van der Waals surface area contributed by atoms with Crippen molar-refractivity contribution < 1.29 is 0 Å². The van der Waals surface area contributed by atoms with E-state index in [0.717, 1.165) is 24.6 Å². The molecule has 2 atom stereocenters. The van der Waals surface area contributed by atoms with E-state index >= 15 is 0 Å². The number of nitrogens with zero attached hydrogens (tertiary/aromatic N) is 2. The fourth-order valence-electron chi connectivity index (χ4n) is 3.56. The van der Waals surface area contributed by atoms with Crippen molar-refractivity contribution in [2.45, 2.75) is 40.2 Å². The van der Waals surface area contributed by atoms with Gasteiger partial charge in [-0.1, -0.05) is 36.8 Å². The molecule has 1 N–H and O–H groups in total. The number of thiazole rings is 1. The summed E-state index contributed by atoms with van der Waals surface area (Å²) in [6, 6.07) is 9.08. The Hall–Kier alpha value is -0.940. The van der Waals surface area contributed by atoms with Gasteiger partial charge in [0.05, 0.1) is 5.69 Å². The molecule has 1 aliphatic rings. The van der Waals surface area contributed by atoms with Gasteiger partial charge in [0.15, 0.2) is 0 Å². The molecule has 1 aliphatic heterocycles. The van der Waals surface area contributed by atoms with Gasteiger partial charge in [0.2, 0.25) is 0 Å². The van der Waals surface area contributed by atoms with E-state index in [9.17, 15) is 0 Å². The number of hydrogen-bond donors (Lipinski definition) is 1. The Kier molecular flexibility index (Phi) is 6.66. The van der Waals surface area contributed by atoms with Crippen LogP contribution in [0.2, 0.25) is 0 Å². The molecule has 2 unspecified atom stereocenters. The van der Waals surface area contributed by atoms with Gasteiger partial charge >= 0.3 is 0 Å². The van der Waals surface area contributed by atoms with Crippen molar-refractivity contribution in [3.05, 3.63) is 40.4 Å². The molecule has 1 aromatic carbocycles. The van der Waals surface area contributed by atoms with Crippen molar-refractivity contribution in [1.29, 1.82) is 0 Å². The van der Waals surface area contributed by atoms with E-state index in [1.54, 1.807) is 0 Å². The van der Waals surface area contributed by atoms with Crippen LogP contribution in [0, 0.1) is 19.3 Å². The Morgan fingerprint density at radius 2 is 1.96 bits per heavy atom. The predicted molar refractivity (Wildman–Crippen MR) is 111 cm³/mol. The van der Waals surface area contributed by atoms with E-state index in [1.165, 1.54) is 28.1 Å². The van der Waals surface area contributed by atoms with E-state index in [2.05, 4.69) is 69.2 Å². The fourth-order valence-corrected chi connectivity index (χ4v) is 4.75. The molecule has 3 nitrogen and oxygen atoms in total. The van der Waals surface area contributed by atoms with E-state index in [1.807, 2.05) is 11.3 Å². The first kappa shape index (κ1) is 20.4. The summed E-state index contributed by atoms with van der Waals surface area (Å²) in [6.07, 6.45) is 1.26. The molecule has 25 heavy (non-hydrogen) atoms. The summed E-state index contributed by atoms with van der Waals surface area (Å²) in [4.78, 5) is 8.73. The van der Waals surface area contributed by atoms with Gasteiger partial charge in [-0.3, -0.25) is 4.90 Å². The molecule has 0 amide bonds. The summed E-state index contributed by atoms with van der Waals surface area (Å²) in [5.41, 5.74) is 4.08. The smallest absolute Gasteiger partial charge is 0.123 e. The van der Waals surface area contributed by atoms with Gasteiger partial charge < -0.3 is 5.32 Å². The van der Waals surface area contributed by atoms with Crippen LogP contribution in [-0.2, 0) is 0 Å². The highest BCUT2D eigenvalue weighted by molar-refractivity contribution is 7.15. The maximum atomic E-state index is 4.84. The zero-order chi connectivity index (χ0) is 17.3. The molecule has 0 spiro atoms. The van der Waals surface area contributed by atoms with Crippen molar-refractivity contribution >= 4 is 23.7 Å². The van der Waals surface area contributed by atoms with Crippen LogP contribution in [-0.4, -0.2) is 36.6 Å². The average molecular weight is 380 g/mol. The predicted octanol–water partition coefficient (Wildman–Crippen LogP) is 4.84. The van der Waals surface area contributed by atoms with E-state index in [4.69, 9.17) is 4.98 Å². The molecule has 0 aliphatic carbocycles. The van der Waals surface area contributed by atoms with Gasteiger partial charge in [-0.15, -0.1) is 23.7 Å². The lowest BCUT2D eigenvalue weighted by Gasteiger charge is -2.33. The second kappa shape index (κ2) is 8.17. The monoisotopic (exact) mass is 379 g/mol. The van der Waals surface area contributed by atoms with Crippen LogP contribution < -0.4 is 5.32 Å². The highest BCUT2D eigenvalue weighted by Gasteiger charge is 2.31. The normalized spacial score (nSPS) is 21.4. The van der Waals surface area contributed by atoms with Crippen LogP contribution in [0.1, 0.15) is 42.4 Å². The third-order valence-corrected chi connectivity index (χ3v) is 6.64. The molecular weight excluding hydrogens is 350 g/mol. The minimum absolute atomic E-state index is 0. The third-order valence-electron chi connectivity index (χ3n) is 5.26. The molecule has 0 bridgehead atoms. The minimum Gasteiger partial charge on any atom is -0.316 e. The maximum Gasteiger partial charge on any atom is 0.123 e. The number of hydrogen-bond acceptors (Lipinski definition) is 4. The summed E-state index contributed by atoms with van der Waals surface area (Å²) in [7, 11) is 2.25. The Morgan fingerprint density at radius 1 is 1.28 bits per heavy atom. The first-order valence-corrected chi connectivity index (χ1v) is 9.65. The Bertz CT molecular complexity index is 689. The number of halogens is 1. The first-order valence-electron chi connectivity index (χ1n) is 8.83. The third kappa shape index (κ3) is 4.62. The summed E-state index contributed by atoms with van der Waals surface area (Å²) in [6.45, 7) is 12.4. The molecule has 0 radical (unpaired) electrons. The van der Waals surface area contributed by atoms with E-state index in [-0.39, 0.29) is 12.4 Å². The largest absolute Gasteiger partial charge is 0.316 e. The second-order valence-corrected chi connectivity index (χ2v) is 8.69. The van der Waals surface area contributed by atoms with Crippen LogP contribution in [0.15, 0.2) is 24.3 Å². The number of benzene rings is 1. The minimum atomic E-state index is 0. The molecule has 1 fully saturated rings. The SMILES string of the molecule is Cc1ccc(-c2nc(C)c(C(C)N(C)CC3(C)CCNC3)s2)cc1.Cl. The highest BCUT2D eigenvalue weighted by atomic mass is 35.5. The van der Waals surface area contributed by atoms with Gasteiger partial charge in [-0.2, -0.15) is 0 Å². The van der Waals surface area contributed by atoms with Crippen molar-refractivity contribution in [3.8, 4) is 10.6 Å². The van der Waals surface area contributed by atoms with Crippen LogP contribution >= 0.6 is 23.7 Å². The van der Waals surface area contributed by atoms with Crippen LogP contribution in [0.5, 0.6) is 0 Å². The number of rotatable bonds is 5. The molecule has 0 saturated carbocycles. The molecule has 2 heterocycles. The van der Waals surface area contributed by atoms with Crippen LogP contribution in [0.25, 0.3) is 10.6 Å². The summed E-state index contributed by atoms with van der Waals surface area (Å²) in [5.74, 6) is 0. The quantitative estimate of drug-likeness (QED) is 0.805. The Morgan fingerprint density at radius 3 is 2.56 bits per heavy atom. The summed E-state index contributed by atoms with van der Waals surface area (Å²) in [5, 5.41) is 4.64. The molecule has 2 aromatic rings. The molecule has 138 valence electrons. The lowest BCUT2D eigenvalue weighted by atomic mass is 9.89. The molecule has 1 aromatic heterocycles. The fraction of sp³-hybridized carbons (Fsp3) is 0.550. The Labute approximate surface area is 162 Å². The van der Waals surface area contributed by atoms with Crippen molar-refractivity contribution in [1.82, 2.24) is 15.2 Å². The topological polar surface area (TPSA) is 28.2 Å². The van der Waals surface area contributed by atoms with Crippen molar-refractivity contribution in [2.75, 3.05) is 26.7 Å². The van der Waals surface area contributed by atoms with Gasteiger partial charge in [0, 0.05) is 29.6 Å². The van der Waals surface area contributed by atoms with Gasteiger partial charge in [-0.25, -0.2) is 4.98 Å². The zero-order valence-electron chi connectivity index (χ0n) is 15.9. The highest BCUT2D eigenvalue weighted by Crippen LogP contribution is 2.35. The Balaban J connectivity index is 0.00000225. The molecule has 5 heteroatoms. The van der Waals surface area contributed by atoms with Gasteiger partial charge in [0.25, 0.3) is 0 Å². The van der Waals surface area contributed by atoms with E-state index < -0.39 is 0 Å². The van der Waals surface area contributed by atoms with Crippen molar-refractivity contribution in [2.24, 2.45) is 5.41 Å². The lowest BCUT2D eigenvalue weighted by Crippen LogP contribution is -2.36. The van der Waals surface area contributed by atoms with E-state index in [0.29, 0.717) is 11.5 Å². The molecule has 1 saturated heterocycles. The molecular formula is C20H30ClN3S. The summed E-state index contributed by atoms with van der Waals surface area (Å²) < 4.78 is 0. The lowest BCUT2D eigenvalue weighted by molar-refractivity contribution is 0.170. The van der Waals surface area contributed by atoms with Crippen molar-refractivity contribution in [3.63, 3.8) is 0 Å². The second-order valence-electron chi connectivity index (χ2n) is 7.66. The molecule has 3 rings (SSSR count). The first-order chi connectivity index (χ1) is 11.4.